The molecule has 130 valence electrons. The number of carbonyl (C=O) groups excluding carboxylic acids is 2. The monoisotopic (exact) mass is 364 g/mol. The molecule has 1 atom stereocenters. The van der Waals surface area contributed by atoms with Gasteiger partial charge in [0.2, 0.25) is 0 Å². The molecule has 0 aliphatic heterocycles. The van der Waals surface area contributed by atoms with Crippen LogP contribution in [0, 0.1) is 0 Å². The maximum Gasteiger partial charge on any atom is 1.00 e. The van der Waals surface area contributed by atoms with E-state index in [1.165, 1.54) is 0 Å². The first kappa shape index (κ1) is 25.0. The van der Waals surface area contributed by atoms with Crippen LogP contribution < -0.4 is 29.6 Å². The van der Waals surface area contributed by atoms with Crippen molar-refractivity contribution < 1.29 is 71.8 Å². The zero-order valence-electron chi connectivity index (χ0n) is 13.1. The van der Waals surface area contributed by atoms with Crippen LogP contribution in [0.5, 0.6) is 0 Å². The van der Waals surface area contributed by atoms with Crippen LogP contribution in [0.25, 0.3) is 0 Å². The van der Waals surface area contributed by atoms with Crippen LogP contribution in [0.3, 0.4) is 0 Å². The fourth-order valence-electron chi connectivity index (χ4n) is 1.39. The van der Waals surface area contributed by atoms with Gasteiger partial charge in [-0.25, -0.2) is 8.42 Å². The second kappa shape index (κ2) is 14.1. The minimum absolute atomic E-state index is 0. The number of unbranched alkanes of at least 4 members (excludes halogenated alkanes) is 2. The van der Waals surface area contributed by atoms with E-state index < -0.39 is 33.7 Å². The van der Waals surface area contributed by atoms with Gasteiger partial charge in [-0.2, -0.15) is 0 Å². The molecule has 0 aliphatic carbocycles. The molecule has 0 radical (unpaired) electrons. The number of hydrogen-bond donors (Lipinski definition) is 2. The molecule has 0 heterocycles. The van der Waals surface area contributed by atoms with Gasteiger partial charge >= 0.3 is 41.5 Å². The summed E-state index contributed by atoms with van der Waals surface area (Å²) in [4.78, 5) is 23.0. The Kier molecular flexibility index (Phi) is 15.4. The molecule has 0 aromatic carbocycles. The van der Waals surface area contributed by atoms with E-state index in [9.17, 15) is 22.6 Å². The second-order valence-electron chi connectivity index (χ2n) is 4.43. The van der Waals surface area contributed by atoms with Crippen molar-refractivity contribution in [1.82, 2.24) is 0 Å². The summed E-state index contributed by atoms with van der Waals surface area (Å²) in [7, 11) is -5.05. The molecule has 9 nitrogen and oxygen atoms in total. The van der Waals surface area contributed by atoms with Crippen molar-refractivity contribution in [2.45, 2.75) is 37.4 Å². The largest absolute Gasteiger partial charge is 1.00 e. The van der Waals surface area contributed by atoms with Crippen LogP contribution >= 0.6 is 0 Å². The van der Waals surface area contributed by atoms with Gasteiger partial charge in [0.25, 0.3) is 0 Å². The van der Waals surface area contributed by atoms with E-state index in [0.29, 0.717) is 25.7 Å². The third kappa shape index (κ3) is 12.8. The Hall–Kier alpha value is -0.230. The van der Waals surface area contributed by atoms with Crippen molar-refractivity contribution in [2.24, 2.45) is 0 Å². The van der Waals surface area contributed by atoms with Gasteiger partial charge in [0.1, 0.15) is 10.1 Å². The van der Waals surface area contributed by atoms with Crippen molar-refractivity contribution >= 4 is 22.1 Å². The van der Waals surface area contributed by atoms with Gasteiger partial charge in [-0.3, -0.25) is 9.59 Å². The van der Waals surface area contributed by atoms with E-state index in [2.05, 4.69) is 9.47 Å². The number of aliphatic hydroxyl groups is 2. The smallest absolute Gasteiger partial charge is 0.747 e. The molecule has 0 amide bonds. The second-order valence-corrected chi connectivity index (χ2v) is 5.99. The van der Waals surface area contributed by atoms with Crippen molar-refractivity contribution in [3.05, 3.63) is 0 Å². The number of esters is 2. The van der Waals surface area contributed by atoms with Crippen LogP contribution in [-0.4, -0.2) is 66.8 Å². The summed E-state index contributed by atoms with van der Waals surface area (Å²) in [5.41, 5.74) is 0. The van der Waals surface area contributed by atoms with Crippen molar-refractivity contribution in [3.8, 4) is 0 Å². The molecule has 0 aliphatic rings. The Morgan fingerprint density at radius 3 is 1.87 bits per heavy atom. The van der Waals surface area contributed by atoms with E-state index in [1.807, 2.05) is 0 Å². The predicted molar refractivity (Wildman–Crippen MR) is 72.7 cm³/mol. The third-order valence-corrected chi connectivity index (χ3v) is 3.63. The first-order valence-corrected chi connectivity index (χ1v) is 8.28. The quantitative estimate of drug-likeness (QED) is 0.152. The third-order valence-electron chi connectivity index (χ3n) is 2.58. The molecule has 0 rings (SSSR count). The number of rotatable bonds is 12. The zero-order chi connectivity index (χ0) is 17.0. The fraction of sp³-hybridized carbons (Fsp3) is 0.833. The van der Waals surface area contributed by atoms with Crippen LogP contribution in [0.4, 0.5) is 0 Å². The maximum atomic E-state index is 11.6. The van der Waals surface area contributed by atoms with Gasteiger partial charge in [-0.15, -0.1) is 0 Å². The minimum Gasteiger partial charge on any atom is -0.747 e. The van der Waals surface area contributed by atoms with Crippen LogP contribution in [0.15, 0.2) is 0 Å². The topological polar surface area (TPSA) is 150 Å². The molecular weight excluding hydrogens is 343 g/mol. The number of ether oxygens (including phenoxy) is 2. The van der Waals surface area contributed by atoms with Gasteiger partial charge in [-0.05, 0) is 25.7 Å². The van der Waals surface area contributed by atoms with Crippen LogP contribution in [-0.2, 0) is 29.2 Å². The average Bonchev–Trinajstić information content (AvgIpc) is 2.44. The first-order valence-electron chi connectivity index (χ1n) is 6.81. The van der Waals surface area contributed by atoms with E-state index in [1.54, 1.807) is 0 Å². The minimum atomic E-state index is -5.05. The Labute approximate surface area is 157 Å². The summed E-state index contributed by atoms with van der Waals surface area (Å²) in [6.45, 7) is -0.385. The molecule has 0 saturated carbocycles. The molecule has 2 N–H and O–H groups in total. The first-order chi connectivity index (χ1) is 10.3. The molecule has 0 fully saturated rings. The molecule has 11 heteroatoms. The van der Waals surface area contributed by atoms with Crippen LogP contribution in [0.2, 0.25) is 0 Å². The predicted octanol–water partition coefficient (Wildman–Crippen LogP) is -4.07. The fourth-order valence-corrected chi connectivity index (χ4v) is 2.04. The Bertz CT molecular complexity index is 438. The normalized spacial score (nSPS) is 12.1. The number of hydrogen-bond acceptors (Lipinski definition) is 9. The van der Waals surface area contributed by atoms with E-state index in [0.717, 1.165) is 0 Å². The Morgan fingerprint density at radius 2 is 1.43 bits per heavy atom. The summed E-state index contributed by atoms with van der Waals surface area (Å²) in [6.07, 6.45) is 0.532. The van der Waals surface area contributed by atoms with Gasteiger partial charge in [0, 0.05) is 13.2 Å². The van der Waals surface area contributed by atoms with Crippen molar-refractivity contribution in [3.63, 3.8) is 0 Å². The zero-order valence-corrected chi connectivity index (χ0v) is 15.9. The number of carbonyl (C=O) groups is 2. The molecule has 0 bridgehead atoms. The van der Waals surface area contributed by atoms with Crippen LogP contribution in [0.1, 0.15) is 32.1 Å². The SMILES string of the molecule is O=C(CC(C(=O)OCCCCO)S(=O)(=O)[O-])OCCCCO.[Na+]. The molecule has 0 aromatic rings. The maximum absolute atomic E-state index is 11.6. The molecule has 1 unspecified atom stereocenters. The van der Waals surface area contributed by atoms with Gasteiger partial charge < -0.3 is 24.2 Å². The molecular formula is C12H21NaO9S. The Morgan fingerprint density at radius 1 is 0.957 bits per heavy atom. The van der Waals surface area contributed by atoms with E-state index in [-0.39, 0.29) is 56.0 Å². The van der Waals surface area contributed by atoms with Crippen molar-refractivity contribution in [1.29, 1.82) is 0 Å². The number of aliphatic hydroxyl groups excluding tert-OH is 2. The molecule has 23 heavy (non-hydrogen) atoms. The molecule has 0 aromatic heterocycles. The van der Waals surface area contributed by atoms with Gasteiger partial charge in [-0.1, -0.05) is 0 Å². The van der Waals surface area contributed by atoms with E-state index >= 15 is 0 Å². The molecule has 0 spiro atoms. The standard InChI is InChI=1S/C12H22O9S.Na/c13-5-1-3-7-20-11(15)9-10(22(17,18)19)12(16)21-8-4-2-6-14;/h10,13-14H,1-9H2,(H,17,18,19);/q;+1/p-1. The summed E-state index contributed by atoms with van der Waals surface area (Å²) in [6, 6.07) is 0. The average molecular weight is 364 g/mol. The summed E-state index contributed by atoms with van der Waals surface area (Å²) in [5.74, 6) is -2.31. The van der Waals surface area contributed by atoms with Crippen molar-refractivity contribution in [2.75, 3.05) is 26.4 Å². The van der Waals surface area contributed by atoms with Gasteiger partial charge in [0.05, 0.1) is 19.6 Å². The summed E-state index contributed by atoms with van der Waals surface area (Å²) >= 11 is 0. The molecule has 0 saturated heterocycles. The van der Waals surface area contributed by atoms with E-state index in [4.69, 9.17) is 10.2 Å². The Balaban J connectivity index is 0. The van der Waals surface area contributed by atoms with Gasteiger partial charge in [0.15, 0.2) is 5.25 Å². The summed E-state index contributed by atoms with van der Waals surface area (Å²) < 4.78 is 42.4. The summed E-state index contributed by atoms with van der Waals surface area (Å²) in [5, 5.41) is 14.9.